The first kappa shape index (κ1) is 17.8. The van der Waals surface area contributed by atoms with Crippen LogP contribution in [0.4, 0.5) is 10.5 Å². The minimum atomic E-state index is -0.285. The van der Waals surface area contributed by atoms with Crippen molar-refractivity contribution in [1.29, 1.82) is 0 Å². The molecule has 2 N–H and O–H groups in total. The van der Waals surface area contributed by atoms with Gasteiger partial charge in [0.25, 0.3) is 5.91 Å². The average Bonchev–Trinajstić information content (AvgIpc) is 2.78. The fraction of sp³-hybridized carbons (Fsp3) is 0.300. The second kappa shape index (κ2) is 7.91. The summed E-state index contributed by atoms with van der Waals surface area (Å²) in [6, 6.07) is 13.1. The Bertz CT molecular complexity index is 820. The third-order valence-electron chi connectivity index (χ3n) is 4.47. The van der Waals surface area contributed by atoms with Gasteiger partial charge in [0.15, 0.2) is 6.61 Å². The highest BCUT2D eigenvalue weighted by Crippen LogP contribution is 2.22. The van der Waals surface area contributed by atoms with Gasteiger partial charge >= 0.3 is 6.03 Å². The van der Waals surface area contributed by atoms with Gasteiger partial charge in [0, 0.05) is 30.9 Å². The van der Waals surface area contributed by atoms with Crippen LogP contribution in [0.3, 0.4) is 0 Å². The highest BCUT2D eigenvalue weighted by molar-refractivity contribution is 5.89. The van der Waals surface area contributed by atoms with Crippen LogP contribution >= 0.6 is 0 Å². The predicted molar refractivity (Wildman–Crippen MR) is 100 cm³/mol. The molecular formula is C20H23N3O3. The van der Waals surface area contributed by atoms with Crippen LogP contribution < -0.4 is 15.4 Å². The molecule has 0 unspecified atom stereocenters. The second-order valence-corrected chi connectivity index (χ2v) is 6.39. The summed E-state index contributed by atoms with van der Waals surface area (Å²) in [5.41, 5.74) is 4.02. The summed E-state index contributed by atoms with van der Waals surface area (Å²) in [5.74, 6) is 0.654. The quantitative estimate of drug-likeness (QED) is 0.888. The van der Waals surface area contributed by atoms with Gasteiger partial charge in [0.2, 0.25) is 0 Å². The van der Waals surface area contributed by atoms with Gasteiger partial charge in [-0.05, 0) is 43.2 Å². The lowest BCUT2D eigenvalue weighted by Gasteiger charge is -2.20. The van der Waals surface area contributed by atoms with E-state index in [4.69, 9.17) is 4.74 Å². The van der Waals surface area contributed by atoms with Crippen molar-refractivity contribution in [1.82, 2.24) is 10.2 Å². The normalized spacial score (nSPS) is 13.5. The van der Waals surface area contributed by atoms with Crippen LogP contribution in [0.2, 0.25) is 0 Å². The van der Waals surface area contributed by atoms with Crippen molar-refractivity contribution in [3.8, 4) is 5.75 Å². The molecule has 2 aromatic carbocycles. The summed E-state index contributed by atoms with van der Waals surface area (Å²) >= 11 is 0. The maximum absolute atomic E-state index is 12.2. The molecule has 0 bridgehead atoms. The third-order valence-corrected chi connectivity index (χ3v) is 4.47. The molecule has 0 fully saturated rings. The van der Waals surface area contributed by atoms with E-state index in [1.54, 1.807) is 4.90 Å². The zero-order chi connectivity index (χ0) is 18.5. The van der Waals surface area contributed by atoms with Gasteiger partial charge in [-0.2, -0.15) is 0 Å². The highest BCUT2D eigenvalue weighted by Gasteiger charge is 2.20. The van der Waals surface area contributed by atoms with E-state index in [1.165, 1.54) is 5.56 Å². The van der Waals surface area contributed by atoms with Crippen molar-refractivity contribution < 1.29 is 14.3 Å². The van der Waals surface area contributed by atoms with Gasteiger partial charge in [0.05, 0.1) is 0 Å². The maximum Gasteiger partial charge on any atom is 0.319 e. The minimum absolute atomic E-state index is 0.0197. The topological polar surface area (TPSA) is 70.7 Å². The predicted octanol–water partition coefficient (Wildman–Crippen LogP) is 2.85. The lowest BCUT2D eigenvalue weighted by molar-refractivity contribution is -0.133. The van der Waals surface area contributed by atoms with Crippen LogP contribution in [-0.2, 0) is 11.3 Å². The summed E-state index contributed by atoms with van der Waals surface area (Å²) in [5, 5.41) is 5.60. The van der Waals surface area contributed by atoms with E-state index < -0.39 is 0 Å². The van der Waals surface area contributed by atoms with Gasteiger partial charge in [0.1, 0.15) is 5.75 Å². The van der Waals surface area contributed by atoms with E-state index in [-0.39, 0.29) is 18.5 Å². The monoisotopic (exact) mass is 353 g/mol. The fourth-order valence-electron chi connectivity index (χ4n) is 2.80. The molecule has 1 heterocycles. The first-order chi connectivity index (χ1) is 12.5. The number of hydrogen-bond donors (Lipinski definition) is 2. The number of ether oxygens (including phenoxy) is 1. The standard InChI is InChI=1S/C20H23N3O3/c1-14-7-8-17(11-15(14)2)22-20(25)21-9-10-23-12-16-5-3-4-6-18(16)26-13-19(23)24/h3-8,11H,9-10,12-13H2,1-2H3,(H2,21,22,25). The summed E-state index contributed by atoms with van der Waals surface area (Å²) in [6.07, 6.45) is 0. The van der Waals surface area contributed by atoms with E-state index in [9.17, 15) is 9.59 Å². The molecule has 1 aliphatic heterocycles. The molecule has 0 saturated heterocycles. The summed E-state index contributed by atoms with van der Waals surface area (Å²) < 4.78 is 5.53. The number of aryl methyl sites for hydroxylation is 2. The van der Waals surface area contributed by atoms with Crippen LogP contribution in [-0.4, -0.2) is 36.5 Å². The molecule has 6 nitrogen and oxygen atoms in total. The van der Waals surface area contributed by atoms with E-state index in [1.807, 2.05) is 56.3 Å². The minimum Gasteiger partial charge on any atom is -0.483 e. The molecule has 2 aromatic rings. The number of nitrogens with zero attached hydrogens (tertiary/aromatic N) is 1. The second-order valence-electron chi connectivity index (χ2n) is 6.39. The van der Waals surface area contributed by atoms with Crippen LogP contribution in [0.5, 0.6) is 5.75 Å². The Labute approximate surface area is 153 Å². The molecule has 0 atom stereocenters. The fourth-order valence-corrected chi connectivity index (χ4v) is 2.80. The van der Waals surface area contributed by atoms with E-state index in [0.29, 0.717) is 19.6 Å². The van der Waals surface area contributed by atoms with Crippen molar-refractivity contribution >= 4 is 17.6 Å². The number of para-hydroxylation sites is 1. The summed E-state index contributed by atoms with van der Waals surface area (Å²) in [6.45, 7) is 5.32. The lowest BCUT2D eigenvalue weighted by Crippen LogP contribution is -2.40. The Morgan fingerprint density at radius 1 is 1.15 bits per heavy atom. The SMILES string of the molecule is Cc1ccc(NC(=O)NCCN2Cc3ccccc3OCC2=O)cc1C. The number of carbonyl (C=O) groups is 2. The number of urea groups is 1. The number of hydrogen-bond acceptors (Lipinski definition) is 3. The van der Waals surface area contributed by atoms with Crippen molar-refractivity contribution in [2.75, 3.05) is 25.0 Å². The molecule has 0 aliphatic carbocycles. The molecule has 3 amide bonds. The highest BCUT2D eigenvalue weighted by atomic mass is 16.5. The molecule has 3 rings (SSSR count). The van der Waals surface area contributed by atoms with Crippen molar-refractivity contribution in [2.45, 2.75) is 20.4 Å². The summed E-state index contributed by atoms with van der Waals surface area (Å²) in [4.78, 5) is 25.9. The van der Waals surface area contributed by atoms with Gasteiger partial charge in [-0.15, -0.1) is 0 Å². The van der Waals surface area contributed by atoms with Crippen molar-refractivity contribution in [3.05, 3.63) is 59.2 Å². The van der Waals surface area contributed by atoms with Gasteiger partial charge in [-0.25, -0.2) is 4.79 Å². The number of nitrogens with one attached hydrogen (secondary N) is 2. The lowest BCUT2D eigenvalue weighted by atomic mass is 10.1. The molecule has 0 spiro atoms. The molecule has 0 aromatic heterocycles. The maximum atomic E-state index is 12.2. The molecule has 0 radical (unpaired) electrons. The zero-order valence-corrected chi connectivity index (χ0v) is 15.0. The molecule has 6 heteroatoms. The van der Waals surface area contributed by atoms with Crippen molar-refractivity contribution in [3.63, 3.8) is 0 Å². The largest absolute Gasteiger partial charge is 0.483 e. The average molecular weight is 353 g/mol. The van der Waals surface area contributed by atoms with E-state index >= 15 is 0 Å². The van der Waals surface area contributed by atoms with Crippen molar-refractivity contribution in [2.24, 2.45) is 0 Å². The smallest absolute Gasteiger partial charge is 0.319 e. The number of fused-ring (bicyclic) bond motifs is 1. The molecule has 1 aliphatic rings. The first-order valence-corrected chi connectivity index (χ1v) is 8.63. The number of carbonyl (C=O) groups excluding carboxylic acids is 2. The Morgan fingerprint density at radius 3 is 2.77 bits per heavy atom. The van der Waals surface area contributed by atoms with E-state index in [2.05, 4.69) is 10.6 Å². The van der Waals surface area contributed by atoms with Crippen LogP contribution in [0, 0.1) is 13.8 Å². The number of anilines is 1. The molecule has 136 valence electrons. The van der Waals surface area contributed by atoms with Gasteiger partial charge < -0.3 is 20.3 Å². The Kier molecular flexibility index (Phi) is 5.41. The number of benzene rings is 2. The van der Waals surface area contributed by atoms with Gasteiger partial charge in [-0.1, -0.05) is 24.3 Å². The van der Waals surface area contributed by atoms with Gasteiger partial charge in [-0.3, -0.25) is 4.79 Å². The van der Waals surface area contributed by atoms with Crippen LogP contribution in [0.15, 0.2) is 42.5 Å². The summed E-state index contributed by atoms with van der Waals surface area (Å²) in [7, 11) is 0. The number of amides is 3. The Morgan fingerprint density at radius 2 is 1.96 bits per heavy atom. The van der Waals surface area contributed by atoms with E-state index in [0.717, 1.165) is 22.6 Å². The third kappa shape index (κ3) is 4.33. The Hall–Kier alpha value is -3.02. The molecule has 26 heavy (non-hydrogen) atoms. The van der Waals surface area contributed by atoms with Crippen LogP contribution in [0.1, 0.15) is 16.7 Å². The van der Waals surface area contributed by atoms with Crippen LogP contribution in [0.25, 0.3) is 0 Å². The zero-order valence-electron chi connectivity index (χ0n) is 15.0. The number of rotatable bonds is 4. The molecule has 0 saturated carbocycles. The Balaban J connectivity index is 1.51. The molecular weight excluding hydrogens is 330 g/mol. The first-order valence-electron chi connectivity index (χ1n) is 8.63.